The zero-order chi connectivity index (χ0) is 24.1. The van der Waals surface area contributed by atoms with Gasteiger partial charge in [-0.2, -0.15) is 0 Å². The van der Waals surface area contributed by atoms with Crippen molar-refractivity contribution in [3.05, 3.63) is 58.4 Å². The number of fused-ring (bicyclic) bond motifs is 2. The molecule has 1 fully saturated rings. The number of carbonyl (C=O) groups excluding carboxylic acids is 2. The Labute approximate surface area is 198 Å². The van der Waals surface area contributed by atoms with Crippen LogP contribution in [0.15, 0.2) is 42.1 Å². The lowest BCUT2D eigenvalue weighted by Gasteiger charge is -2.31. The van der Waals surface area contributed by atoms with E-state index >= 15 is 0 Å². The van der Waals surface area contributed by atoms with Gasteiger partial charge in [0.15, 0.2) is 11.5 Å². The molecule has 178 valence electrons. The monoisotopic (exact) mass is 464 g/mol. The summed E-state index contributed by atoms with van der Waals surface area (Å²) in [4.78, 5) is 25.3. The molecule has 0 saturated heterocycles. The number of allylic oxidation sites excluding steroid dienone is 1. The predicted octanol–water partition coefficient (Wildman–Crippen LogP) is 3.43. The molecule has 8 nitrogen and oxygen atoms in total. The summed E-state index contributed by atoms with van der Waals surface area (Å²) in [5.74, 6) is 0.943. The number of esters is 1. The minimum Gasteiger partial charge on any atom is -0.624 e. The van der Waals surface area contributed by atoms with Crippen LogP contribution in [0.3, 0.4) is 0 Å². The van der Waals surface area contributed by atoms with Gasteiger partial charge in [-0.3, -0.25) is 9.59 Å². The molecule has 1 atom stereocenters. The molecule has 1 unspecified atom stereocenters. The molecule has 2 aliphatic heterocycles. The van der Waals surface area contributed by atoms with E-state index in [2.05, 4.69) is 5.32 Å². The highest BCUT2D eigenvalue weighted by atomic mass is 16.7. The first-order valence-electron chi connectivity index (χ1n) is 11.5. The highest BCUT2D eigenvalue weighted by Gasteiger charge is 2.51. The second kappa shape index (κ2) is 8.14. The first-order valence-corrected chi connectivity index (χ1v) is 11.5. The lowest BCUT2D eigenvalue weighted by Crippen LogP contribution is -3.00. The first-order chi connectivity index (χ1) is 16.2. The molecule has 1 amide bonds. The van der Waals surface area contributed by atoms with Crippen LogP contribution in [0.5, 0.6) is 11.5 Å². The van der Waals surface area contributed by atoms with Gasteiger partial charge in [-0.25, -0.2) is 0 Å². The third-order valence-corrected chi connectivity index (χ3v) is 6.83. The molecular formula is C26H28N2O6. The quantitative estimate of drug-likeness (QED) is 0.481. The second-order valence-corrected chi connectivity index (χ2v) is 9.66. The van der Waals surface area contributed by atoms with E-state index in [9.17, 15) is 14.8 Å². The summed E-state index contributed by atoms with van der Waals surface area (Å²) in [5.41, 5.74) is 2.17. The van der Waals surface area contributed by atoms with Crippen molar-refractivity contribution in [1.82, 2.24) is 0 Å². The van der Waals surface area contributed by atoms with Crippen LogP contribution in [0.4, 0.5) is 11.4 Å². The molecule has 0 radical (unpaired) electrons. The molecule has 0 spiro atoms. The summed E-state index contributed by atoms with van der Waals surface area (Å²) in [5, 5.41) is 16.0. The van der Waals surface area contributed by atoms with Gasteiger partial charge in [0.25, 0.3) is 0 Å². The average molecular weight is 465 g/mol. The zero-order valence-electron chi connectivity index (χ0n) is 19.5. The Kier molecular flexibility index (Phi) is 5.37. The van der Waals surface area contributed by atoms with Crippen LogP contribution in [-0.4, -0.2) is 25.3 Å². The van der Waals surface area contributed by atoms with Gasteiger partial charge >= 0.3 is 5.97 Å². The maximum Gasteiger partial charge on any atom is 0.306 e. The molecule has 1 saturated carbocycles. The third kappa shape index (κ3) is 3.82. The number of carbonyl (C=O) groups is 2. The normalized spacial score (nSPS) is 19.3. The van der Waals surface area contributed by atoms with Crippen LogP contribution in [-0.2, 0) is 19.7 Å². The molecular weight excluding hydrogens is 436 g/mol. The van der Waals surface area contributed by atoms with Crippen LogP contribution in [0.1, 0.15) is 51.2 Å². The Morgan fingerprint density at radius 1 is 1.15 bits per heavy atom. The van der Waals surface area contributed by atoms with E-state index in [4.69, 9.17) is 14.2 Å². The highest BCUT2D eigenvalue weighted by Crippen LogP contribution is 2.51. The molecule has 2 aromatic carbocycles. The van der Waals surface area contributed by atoms with Gasteiger partial charge in [-0.05, 0) is 49.6 Å². The van der Waals surface area contributed by atoms with Crippen LogP contribution in [0.25, 0.3) is 6.08 Å². The molecule has 2 heterocycles. The van der Waals surface area contributed by atoms with E-state index in [0.29, 0.717) is 35.2 Å². The van der Waals surface area contributed by atoms with Crippen LogP contribution in [0.2, 0.25) is 0 Å². The lowest BCUT2D eigenvalue weighted by atomic mass is 9.85. The zero-order valence-corrected chi connectivity index (χ0v) is 19.5. The summed E-state index contributed by atoms with van der Waals surface area (Å²) >= 11 is 0. The maximum atomic E-state index is 13.3. The Bertz CT molecular complexity index is 1200. The van der Waals surface area contributed by atoms with E-state index in [-0.39, 0.29) is 30.2 Å². The minimum absolute atomic E-state index is 0.0810. The Balaban J connectivity index is 1.34. The van der Waals surface area contributed by atoms with Crippen molar-refractivity contribution in [3.8, 4) is 11.5 Å². The van der Waals surface area contributed by atoms with Crippen molar-refractivity contribution in [2.24, 2.45) is 5.41 Å². The van der Waals surface area contributed by atoms with E-state index in [1.54, 1.807) is 19.1 Å². The summed E-state index contributed by atoms with van der Waals surface area (Å²) in [7, 11) is 0. The molecule has 5 rings (SSSR count). The second-order valence-electron chi connectivity index (χ2n) is 9.66. The van der Waals surface area contributed by atoms with E-state index in [0.717, 1.165) is 24.0 Å². The molecule has 2 aromatic rings. The van der Waals surface area contributed by atoms with Gasteiger partial charge in [-0.1, -0.05) is 19.9 Å². The summed E-state index contributed by atoms with van der Waals surface area (Å²) in [6.45, 7) is 5.99. The minimum atomic E-state index is -0.663. The standard InChI is InChI=1S/C26H28N2O6/c1-4-32-23(29)14-25(2,3)22-12-16-11-18(6-7-19(16)28(22)31)27-24(30)26(9-10-26)17-5-8-20-21(13-17)34-15-33-20/h5-8,11-13,28H,4,9-10,14-15H2,1-3H3,(H,27,30). The largest absolute Gasteiger partial charge is 0.624 e. The molecule has 1 aliphatic carbocycles. The molecule has 34 heavy (non-hydrogen) atoms. The summed E-state index contributed by atoms with van der Waals surface area (Å²) < 4.78 is 15.9. The van der Waals surface area contributed by atoms with Gasteiger partial charge in [-0.15, -0.1) is 0 Å². The van der Waals surface area contributed by atoms with Gasteiger partial charge in [0.2, 0.25) is 12.7 Å². The predicted molar refractivity (Wildman–Crippen MR) is 126 cm³/mol. The molecule has 2 N–H and O–H groups in total. The van der Waals surface area contributed by atoms with E-state index in [1.807, 2.05) is 44.2 Å². The van der Waals surface area contributed by atoms with Crippen molar-refractivity contribution in [1.29, 1.82) is 0 Å². The van der Waals surface area contributed by atoms with Gasteiger partial charge < -0.3 is 29.8 Å². The molecule has 8 heteroatoms. The first kappa shape index (κ1) is 22.4. The number of ether oxygens (including phenoxy) is 3. The number of hydrogen-bond acceptors (Lipinski definition) is 6. The van der Waals surface area contributed by atoms with Crippen molar-refractivity contribution in [3.63, 3.8) is 0 Å². The highest BCUT2D eigenvalue weighted by molar-refractivity contribution is 6.02. The third-order valence-electron chi connectivity index (χ3n) is 6.83. The van der Waals surface area contributed by atoms with Gasteiger partial charge in [0.05, 0.1) is 23.9 Å². The number of anilines is 1. The SMILES string of the molecule is CCOC(=O)CC(C)(C)C1=Cc2cc(NC(=O)C3(c4ccc5c(c4)OCO5)CC3)ccc2[NH+]1[O-]. The smallest absolute Gasteiger partial charge is 0.306 e. The van der Waals surface area contributed by atoms with Crippen LogP contribution < -0.4 is 19.9 Å². The number of rotatable bonds is 7. The van der Waals surface area contributed by atoms with Gasteiger partial charge in [0.1, 0.15) is 11.4 Å². The summed E-state index contributed by atoms with van der Waals surface area (Å²) in [6.07, 6.45) is 3.45. The molecule has 0 bridgehead atoms. The maximum absolute atomic E-state index is 13.3. The van der Waals surface area contributed by atoms with Crippen LogP contribution in [0, 0.1) is 10.6 Å². The fraction of sp³-hybridized carbons (Fsp3) is 0.385. The number of benzene rings is 2. The Morgan fingerprint density at radius 3 is 2.65 bits per heavy atom. The topological polar surface area (TPSA) is 101 Å². The number of hydrogen-bond donors (Lipinski definition) is 2. The van der Waals surface area contributed by atoms with E-state index < -0.39 is 10.8 Å². The summed E-state index contributed by atoms with van der Waals surface area (Å²) in [6, 6.07) is 10.9. The van der Waals surface area contributed by atoms with Crippen LogP contribution >= 0.6 is 0 Å². The van der Waals surface area contributed by atoms with Crippen molar-refractivity contribution >= 4 is 29.3 Å². The van der Waals surface area contributed by atoms with Gasteiger partial charge in [0, 0.05) is 23.4 Å². The van der Waals surface area contributed by atoms with Crippen molar-refractivity contribution in [2.45, 2.75) is 45.4 Å². The number of quaternary nitrogens is 1. The lowest BCUT2D eigenvalue weighted by molar-refractivity contribution is -0.735. The number of hydroxylamine groups is 1. The number of nitrogens with one attached hydrogen (secondary N) is 2. The van der Waals surface area contributed by atoms with E-state index in [1.165, 1.54) is 0 Å². The Hall–Kier alpha value is -3.36. The van der Waals surface area contributed by atoms with Crippen molar-refractivity contribution < 1.29 is 28.9 Å². The fourth-order valence-electron chi connectivity index (χ4n) is 4.72. The fourth-order valence-corrected chi connectivity index (χ4v) is 4.72. The number of amides is 1. The molecule has 3 aliphatic rings. The molecule has 0 aromatic heterocycles. The van der Waals surface area contributed by atoms with Crippen molar-refractivity contribution in [2.75, 3.05) is 18.7 Å². The Morgan fingerprint density at radius 2 is 1.91 bits per heavy atom. The average Bonchev–Trinajstić information content (AvgIpc) is 3.35.